The predicted octanol–water partition coefficient (Wildman–Crippen LogP) is 3.20. The summed E-state index contributed by atoms with van der Waals surface area (Å²) in [5, 5.41) is 3.29. The molecule has 2 heteroatoms. The quantitative estimate of drug-likeness (QED) is 0.759. The highest BCUT2D eigenvalue weighted by Gasteiger charge is 2.07. The van der Waals surface area contributed by atoms with Gasteiger partial charge in [-0.15, -0.1) is 0 Å². The minimum Gasteiger partial charge on any atom is -0.350 e. The Morgan fingerprint density at radius 2 is 2.07 bits per heavy atom. The summed E-state index contributed by atoms with van der Waals surface area (Å²) in [6.07, 6.45) is 4.77. The molecule has 1 aromatic rings. The molecule has 0 bridgehead atoms. The van der Waals surface area contributed by atoms with E-state index in [2.05, 4.69) is 49.0 Å². The molecular weight excluding hydrogens is 184 g/mol. The van der Waals surface area contributed by atoms with E-state index in [0.717, 1.165) is 12.5 Å². The number of hydrogen-bond donors (Lipinski definition) is 1. The van der Waals surface area contributed by atoms with Gasteiger partial charge in [-0.3, -0.25) is 0 Å². The molecule has 0 radical (unpaired) electrons. The molecule has 1 unspecified atom stereocenters. The first-order chi connectivity index (χ1) is 7.15. The van der Waals surface area contributed by atoms with E-state index in [9.17, 15) is 0 Å². The van der Waals surface area contributed by atoms with Crippen LogP contribution in [0.25, 0.3) is 0 Å². The Hall–Kier alpha value is -0.760. The van der Waals surface area contributed by atoms with Crippen LogP contribution < -0.4 is 5.32 Å². The monoisotopic (exact) mass is 208 g/mol. The van der Waals surface area contributed by atoms with Gasteiger partial charge < -0.3 is 9.88 Å². The highest BCUT2D eigenvalue weighted by atomic mass is 15.0. The van der Waals surface area contributed by atoms with Crippen LogP contribution >= 0.6 is 0 Å². The summed E-state index contributed by atoms with van der Waals surface area (Å²) in [6, 6.07) is 4.79. The Bertz CT molecular complexity index is 276. The van der Waals surface area contributed by atoms with E-state index < -0.39 is 0 Å². The number of aromatic nitrogens is 1. The topological polar surface area (TPSA) is 17.0 Å². The molecule has 0 saturated heterocycles. The second-order valence-corrected chi connectivity index (χ2v) is 4.67. The zero-order valence-corrected chi connectivity index (χ0v) is 10.5. The van der Waals surface area contributed by atoms with Crippen LogP contribution in [-0.4, -0.2) is 11.6 Å². The lowest BCUT2D eigenvalue weighted by Crippen LogP contribution is -2.16. The van der Waals surface area contributed by atoms with Gasteiger partial charge in [-0.25, -0.2) is 0 Å². The van der Waals surface area contributed by atoms with Gasteiger partial charge in [-0.2, -0.15) is 0 Å². The van der Waals surface area contributed by atoms with Crippen LogP contribution in [0.3, 0.4) is 0 Å². The maximum Gasteiger partial charge on any atom is 0.0443 e. The summed E-state index contributed by atoms with van der Waals surface area (Å²) in [5.41, 5.74) is 1.39. The van der Waals surface area contributed by atoms with Gasteiger partial charge >= 0.3 is 0 Å². The zero-order valence-electron chi connectivity index (χ0n) is 10.5. The molecule has 1 atom stereocenters. The molecule has 0 spiro atoms. The summed E-state index contributed by atoms with van der Waals surface area (Å²) >= 11 is 0. The summed E-state index contributed by atoms with van der Waals surface area (Å²) in [6.45, 7) is 7.92. The molecule has 86 valence electrons. The van der Waals surface area contributed by atoms with Gasteiger partial charge in [0.15, 0.2) is 0 Å². The van der Waals surface area contributed by atoms with E-state index >= 15 is 0 Å². The third-order valence-corrected chi connectivity index (χ3v) is 2.92. The number of nitrogens with one attached hydrogen (secondary N) is 1. The van der Waals surface area contributed by atoms with Crippen LogP contribution in [0.5, 0.6) is 0 Å². The van der Waals surface area contributed by atoms with E-state index in [0.29, 0.717) is 6.04 Å². The molecule has 0 aliphatic rings. The maximum atomic E-state index is 3.29. The number of nitrogens with zero attached hydrogens (tertiary/aromatic N) is 1. The zero-order chi connectivity index (χ0) is 11.3. The van der Waals surface area contributed by atoms with Crippen LogP contribution in [0.1, 0.15) is 45.3 Å². The fraction of sp³-hybridized carbons (Fsp3) is 0.692. The number of hydrogen-bond acceptors (Lipinski definition) is 1. The lowest BCUT2D eigenvalue weighted by Gasteiger charge is -2.15. The molecule has 1 N–H and O–H groups in total. The number of rotatable bonds is 6. The maximum absolute atomic E-state index is 3.29. The normalized spacial score (nSPS) is 13.4. The fourth-order valence-electron chi connectivity index (χ4n) is 1.84. The largest absolute Gasteiger partial charge is 0.350 e. The molecule has 0 aliphatic carbocycles. The minimum atomic E-state index is 0.444. The Morgan fingerprint density at radius 1 is 1.33 bits per heavy atom. The van der Waals surface area contributed by atoms with Gasteiger partial charge in [-0.1, -0.05) is 13.8 Å². The fourth-order valence-corrected chi connectivity index (χ4v) is 1.84. The van der Waals surface area contributed by atoms with Crippen molar-refractivity contribution in [2.24, 2.45) is 5.92 Å². The molecule has 1 aromatic heterocycles. The Labute approximate surface area is 93.7 Å². The summed E-state index contributed by atoms with van der Waals surface area (Å²) in [7, 11) is 2.01. The molecule has 0 saturated carbocycles. The predicted molar refractivity (Wildman–Crippen MR) is 66.0 cm³/mol. The number of aryl methyl sites for hydroxylation is 1. The average Bonchev–Trinajstić information content (AvgIpc) is 2.64. The van der Waals surface area contributed by atoms with E-state index in [1.807, 2.05) is 7.05 Å². The van der Waals surface area contributed by atoms with Gasteiger partial charge in [0.25, 0.3) is 0 Å². The summed E-state index contributed by atoms with van der Waals surface area (Å²) < 4.78 is 2.36. The second kappa shape index (κ2) is 5.96. The third-order valence-electron chi connectivity index (χ3n) is 2.92. The Kier molecular flexibility index (Phi) is 4.89. The Balaban J connectivity index is 2.50. The highest BCUT2D eigenvalue weighted by molar-refractivity contribution is 5.11. The van der Waals surface area contributed by atoms with Crippen LogP contribution in [0, 0.1) is 5.92 Å². The van der Waals surface area contributed by atoms with E-state index in [-0.39, 0.29) is 0 Å². The highest BCUT2D eigenvalue weighted by Crippen LogP contribution is 2.14. The first kappa shape index (κ1) is 12.3. The molecule has 1 rings (SSSR count). The van der Waals surface area contributed by atoms with Crippen molar-refractivity contribution in [3.05, 3.63) is 24.0 Å². The molecule has 15 heavy (non-hydrogen) atoms. The summed E-state index contributed by atoms with van der Waals surface area (Å²) in [5.74, 6) is 0.811. The average molecular weight is 208 g/mol. The molecule has 0 amide bonds. The van der Waals surface area contributed by atoms with Crippen molar-refractivity contribution < 1.29 is 0 Å². The molecular formula is C13H24N2. The van der Waals surface area contributed by atoms with Crippen molar-refractivity contribution in [2.75, 3.05) is 7.05 Å². The van der Waals surface area contributed by atoms with E-state index in [1.165, 1.54) is 18.5 Å². The first-order valence-corrected chi connectivity index (χ1v) is 5.97. The third kappa shape index (κ3) is 3.71. The molecule has 0 aliphatic heterocycles. The van der Waals surface area contributed by atoms with Gasteiger partial charge in [0.1, 0.15) is 0 Å². The first-order valence-electron chi connectivity index (χ1n) is 5.97. The van der Waals surface area contributed by atoms with Crippen molar-refractivity contribution in [3.8, 4) is 0 Å². The Morgan fingerprint density at radius 3 is 2.67 bits per heavy atom. The standard InChI is InChI=1S/C13H24N2/c1-11(2)7-5-9-15-10-6-8-13(15)12(3)14-4/h6,8,10-12,14H,5,7,9H2,1-4H3. The minimum absolute atomic E-state index is 0.444. The summed E-state index contributed by atoms with van der Waals surface area (Å²) in [4.78, 5) is 0. The lowest BCUT2D eigenvalue weighted by molar-refractivity contribution is 0.491. The van der Waals surface area contributed by atoms with Gasteiger partial charge in [0.2, 0.25) is 0 Å². The van der Waals surface area contributed by atoms with Crippen LogP contribution in [0.2, 0.25) is 0 Å². The van der Waals surface area contributed by atoms with Crippen molar-refractivity contribution >= 4 is 0 Å². The molecule has 0 fully saturated rings. The molecule has 2 nitrogen and oxygen atoms in total. The van der Waals surface area contributed by atoms with Crippen LogP contribution in [0.15, 0.2) is 18.3 Å². The smallest absolute Gasteiger partial charge is 0.0443 e. The van der Waals surface area contributed by atoms with Crippen molar-refractivity contribution in [1.29, 1.82) is 0 Å². The van der Waals surface area contributed by atoms with Gasteiger partial charge in [-0.05, 0) is 44.9 Å². The molecule has 1 heterocycles. The lowest BCUT2D eigenvalue weighted by atomic mass is 10.1. The van der Waals surface area contributed by atoms with Crippen LogP contribution in [0.4, 0.5) is 0 Å². The van der Waals surface area contributed by atoms with E-state index in [1.54, 1.807) is 0 Å². The van der Waals surface area contributed by atoms with Gasteiger partial charge in [0, 0.05) is 24.5 Å². The SMILES string of the molecule is CNC(C)c1cccn1CCCC(C)C. The van der Waals surface area contributed by atoms with Crippen molar-refractivity contribution in [2.45, 2.75) is 46.2 Å². The van der Waals surface area contributed by atoms with E-state index in [4.69, 9.17) is 0 Å². The second-order valence-electron chi connectivity index (χ2n) is 4.67. The van der Waals surface area contributed by atoms with Crippen LogP contribution in [-0.2, 0) is 6.54 Å². The van der Waals surface area contributed by atoms with Crippen molar-refractivity contribution in [3.63, 3.8) is 0 Å². The van der Waals surface area contributed by atoms with Crippen molar-refractivity contribution in [1.82, 2.24) is 9.88 Å². The van der Waals surface area contributed by atoms with Gasteiger partial charge in [0.05, 0.1) is 0 Å². The molecule has 0 aromatic carbocycles.